The zero-order valence-corrected chi connectivity index (χ0v) is 14.8. The third kappa shape index (κ3) is 5.61. The molecule has 1 atom stereocenters. The van der Waals surface area contributed by atoms with Crippen molar-refractivity contribution in [1.29, 1.82) is 0 Å². The second-order valence-electron chi connectivity index (χ2n) is 6.02. The molecule has 0 saturated carbocycles. The van der Waals surface area contributed by atoms with E-state index in [1.165, 1.54) is 0 Å². The van der Waals surface area contributed by atoms with Gasteiger partial charge in [-0.1, -0.05) is 19.1 Å². The highest BCUT2D eigenvalue weighted by molar-refractivity contribution is 5.92. The van der Waals surface area contributed by atoms with Crippen molar-refractivity contribution < 1.29 is 14.3 Å². The van der Waals surface area contributed by atoms with E-state index in [0.29, 0.717) is 11.4 Å². The zero-order valence-electron chi connectivity index (χ0n) is 14.8. The normalized spacial score (nSPS) is 11.7. The molecule has 0 aromatic heterocycles. The number of rotatable bonds is 7. The molecule has 0 aliphatic carbocycles. The molecule has 0 spiro atoms. The summed E-state index contributed by atoms with van der Waals surface area (Å²) >= 11 is 0. The zero-order chi connectivity index (χ0) is 17.5. The lowest BCUT2D eigenvalue weighted by atomic mass is 10.1. The molecule has 2 aromatic carbocycles. The van der Waals surface area contributed by atoms with E-state index in [-0.39, 0.29) is 18.6 Å². The largest absolute Gasteiger partial charge is 0.491 e. The first kappa shape index (κ1) is 17.9. The Morgan fingerprint density at radius 1 is 1.08 bits per heavy atom. The Labute approximate surface area is 143 Å². The Kier molecular flexibility index (Phi) is 6.24. The summed E-state index contributed by atoms with van der Waals surface area (Å²) in [5.41, 5.74) is 2.92. The van der Waals surface area contributed by atoms with Gasteiger partial charge in [0.1, 0.15) is 11.5 Å². The predicted molar refractivity (Wildman–Crippen MR) is 96.9 cm³/mol. The van der Waals surface area contributed by atoms with Gasteiger partial charge in [-0.05, 0) is 62.6 Å². The van der Waals surface area contributed by atoms with Crippen molar-refractivity contribution in [3.8, 4) is 11.5 Å². The molecule has 4 heteroatoms. The van der Waals surface area contributed by atoms with Crippen LogP contribution >= 0.6 is 0 Å². The minimum absolute atomic E-state index is 0.0284. The Hall–Kier alpha value is -2.49. The Morgan fingerprint density at radius 3 is 2.46 bits per heavy atom. The molecule has 1 N–H and O–H groups in total. The molecule has 0 heterocycles. The summed E-state index contributed by atoms with van der Waals surface area (Å²) in [6.07, 6.45) is 1.07. The average molecular weight is 327 g/mol. The Morgan fingerprint density at radius 2 is 1.79 bits per heavy atom. The van der Waals surface area contributed by atoms with Crippen molar-refractivity contribution in [1.82, 2.24) is 0 Å². The summed E-state index contributed by atoms with van der Waals surface area (Å²) in [5, 5.41) is 2.83. The predicted octanol–water partition coefficient (Wildman–Crippen LogP) is 4.50. The van der Waals surface area contributed by atoms with Gasteiger partial charge in [0, 0.05) is 11.8 Å². The van der Waals surface area contributed by atoms with Crippen LogP contribution in [0, 0.1) is 13.8 Å². The van der Waals surface area contributed by atoms with Crippen molar-refractivity contribution >= 4 is 11.6 Å². The first-order valence-electron chi connectivity index (χ1n) is 8.24. The molecule has 128 valence electrons. The van der Waals surface area contributed by atoms with Crippen LogP contribution < -0.4 is 14.8 Å². The van der Waals surface area contributed by atoms with E-state index >= 15 is 0 Å². The van der Waals surface area contributed by atoms with E-state index in [4.69, 9.17) is 9.47 Å². The van der Waals surface area contributed by atoms with Gasteiger partial charge in [-0.15, -0.1) is 0 Å². The SMILES string of the molecule is CCC(C)Oc1cccc(NC(=O)COc2cc(C)cc(C)c2)c1. The van der Waals surface area contributed by atoms with Gasteiger partial charge >= 0.3 is 0 Å². The van der Waals surface area contributed by atoms with Gasteiger partial charge in [-0.3, -0.25) is 4.79 Å². The summed E-state index contributed by atoms with van der Waals surface area (Å²) in [6.45, 7) is 8.06. The van der Waals surface area contributed by atoms with Crippen molar-refractivity contribution in [2.45, 2.75) is 40.2 Å². The highest BCUT2D eigenvalue weighted by Crippen LogP contribution is 2.20. The highest BCUT2D eigenvalue weighted by Gasteiger charge is 2.07. The van der Waals surface area contributed by atoms with E-state index < -0.39 is 0 Å². The van der Waals surface area contributed by atoms with Crippen LogP contribution in [0.1, 0.15) is 31.4 Å². The third-order valence-corrected chi connectivity index (χ3v) is 3.60. The summed E-state index contributed by atoms with van der Waals surface area (Å²) < 4.78 is 11.3. The van der Waals surface area contributed by atoms with Gasteiger partial charge in [0.25, 0.3) is 5.91 Å². The Bertz CT molecular complexity index is 677. The fraction of sp³-hybridized carbons (Fsp3) is 0.350. The standard InChI is InChI=1S/C20H25NO3/c1-5-16(4)24-18-8-6-7-17(12-18)21-20(22)13-23-19-10-14(2)9-15(3)11-19/h6-12,16H,5,13H2,1-4H3,(H,21,22). The van der Waals surface area contributed by atoms with E-state index in [0.717, 1.165) is 23.3 Å². The number of benzene rings is 2. The molecule has 1 unspecified atom stereocenters. The number of carbonyl (C=O) groups excluding carboxylic acids is 1. The van der Waals surface area contributed by atoms with Crippen LogP contribution in [0.2, 0.25) is 0 Å². The Balaban J connectivity index is 1.91. The quantitative estimate of drug-likeness (QED) is 0.814. The monoisotopic (exact) mass is 327 g/mol. The maximum Gasteiger partial charge on any atom is 0.262 e. The number of ether oxygens (including phenoxy) is 2. The third-order valence-electron chi connectivity index (χ3n) is 3.60. The fourth-order valence-corrected chi connectivity index (χ4v) is 2.32. The number of hydrogen-bond acceptors (Lipinski definition) is 3. The van der Waals surface area contributed by atoms with Crippen LogP contribution in [-0.4, -0.2) is 18.6 Å². The number of nitrogens with one attached hydrogen (secondary N) is 1. The summed E-state index contributed by atoms with van der Waals surface area (Å²) in [6, 6.07) is 13.3. The molecule has 0 saturated heterocycles. The van der Waals surface area contributed by atoms with E-state index in [9.17, 15) is 4.79 Å². The van der Waals surface area contributed by atoms with Gasteiger partial charge in [0.15, 0.2) is 6.61 Å². The van der Waals surface area contributed by atoms with Gasteiger partial charge < -0.3 is 14.8 Å². The van der Waals surface area contributed by atoms with Crippen LogP contribution in [0.4, 0.5) is 5.69 Å². The molecule has 0 bridgehead atoms. The second-order valence-corrected chi connectivity index (χ2v) is 6.02. The summed E-state index contributed by atoms with van der Waals surface area (Å²) in [5.74, 6) is 1.25. The van der Waals surface area contributed by atoms with Crippen LogP contribution in [0.25, 0.3) is 0 Å². The number of carbonyl (C=O) groups is 1. The lowest BCUT2D eigenvalue weighted by molar-refractivity contribution is -0.118. The van der Waals surface area contributed by atoms with E-state index in [1.807, 2.05) is 57.2 Å². The number of amides is 1. The number of hydrogen-bond donors (Lipinski definition) is 1. The molecule has 4 nitrogen and oxygen atoms in total. The number of aryl methyl sites for hydroxylation is 2. The fourth-order valence-electron chi connectivity index (χ4n) is 2.32. The molecule has 2 aromatic rings. The lowest BCUT2D eigenvalue weighted by Gasteiger charge is -2.14. The van der Waals surface area contributed by atoms with Gasteiger partial charge in [0.05, 0.1) is 6.10 Å². The molecular formula is C20H25NO3. The van der Waals surface area contributed by atoms with Crippen LogP contribution in [0.5, 0.6) is 11.5 Å². The van der Waals surface area contributed by atoms with Gasteiger partial charge in [0.2, 0.25) is 0 Å². The van der Waals surface area contributed by atoms with Crippen LogP contribution in [-0.2, 0) is 4.79 Å². The molecule has 0 radical (unpaired) electrons. The maximum atomic E-state index is 12.1. The van der Waals surface area contributed by atoms with Crippen molar-refractivity contribution in [3.63, 3.8) is 0 Å². The first-order chi connectivity index (χ1) is 11.5. The molecule has 0 fully saturated rings. The summed E-state index contributed by atoms with van der Waals surface area (Å²) in [4.78, 5) is 12.1. The highest BCUT2D eigenvalue weighted by atomic mass is 16.5. The van der Waals surface area contributed by atoms with Crippen LogP contribution in [0.15, 0.2) is 42.5 Å². The minimum Gasteiger partial charge on any atom is -0.491 e. The van der Waals surface area contributed by atoms with E-state index in [1.54, 1.807) is 0 Å². The first-order valence-corrected chi connectivity index (χ1v) is 8.24. The maximum absolute atomic E-state index is 12.1. The molecular weight excluding hydrogens is 302 g/mol. The second kappa shape index (κ2) is 8.39. The molecule has 0 aliphatic heterocycles. The van der Waals surface area contributed by atoms with Crippen molar-refractivity contribution in [2.24, 2.45) is 0 Å². The average Bonchev–Trinajstić information content (AvgIpc) is 2.52. The van der Waals surface area contributed by atoms with Crippen LogP contribution in [0.3, 0.4) is 0 Å². The molecule has 24 heavy (non-hydrogen) atoms. The number of anilines is 1. The lowest BCUT2D eigenvalue weighted by Crippen LogP contribution is -2.20. The summed E-state index contributed by atoms with van der Waals surface area (Å²) in [7, 11) is 0. The smallest absolute Gasteiger partial charge is 0.262 e. The van der Waals surface area contributed by atoms with Crippen molar-refractivity contribution in [2.75, 3.05) is 11.9 Å². The minimum atomic E-state index is -0.199. The molecule has 2 rings (SSSR count). The molecule has 1 amide bonds. The van der Waals surface area contributed by atoms with Crippen molar-refractivity contribution in [3.05, 3.63) is 53.6 Å². The van der Waals surface area contributed by atoms with Gasteiger partial charge in [-0.25, -0.2) is 0 Å². The van der Waals surface area contributed by atoms with Gasteiger partial charge in [-0.2, -0.15) is 0 Å². The molecule has 0 aliphatic rings. The van der Waals surface area contributed by atoms with E-state index in [2.05, 4.69) is 18.3 Å². The topological polar surface area (TPSA) is 47.6 Å².